The first-order valence-electron chi connectivity index (χ1n) is 7.18. The van der Waals surface area contributed by atoms with Gasteiger partial charge in [-0.05, 0) is 44.4 Å². The molecule has 3 atom stereocenters. The first-order chi connectivity index (χ1) is 9.70. The molecule has 0 bridgehead atoms. The van der Waals surface area contributed by atoms with Crippen molar-refractivity contribution in [3.05, 3.63) is 29.8 Å². The van der Waals surface area contributed by atoms with E-state index in [1.165, 1.54) is 5.56 Å². The van der Waals surface area contributed by atoms with E-state index in [0.717, 1.165) is 25.2 Å². The van der Waals surface area contributed by atoms with Crippen molar-refractivity contribution in [2.75, 3.05) is 13.2 Å². The molecule has 1 aromatic rings. The highest BCUT2D eigenvalue weighted by Gasteiger charge is 2.23. The molecule has 1 heterocycles. The SMILES string of the molecule is CC(NC(C)C1CCCO1)c1ccc(OCC#N)cc1. The Bertz CT molecular complexity index is 447. The van der Waals surface area contributed by atoms with Crippen LogP contribution in [0.15, 0.2) is 24.3 Å². The van der Waals surface area contributed by atoms with Gasteiger partial charge in [0.2, 0.25) is 0 Å². The van der Waals surface area contributed by atoms with Crippen LogP contribution in [-0.4, -0.2) is 25.4 Å². The van der Waals surface area contributed by atoms with Crippen LogP contribution in [0.5, 0.6) is 5.75 Å². The van der Waals surface area contributed by atoms with Gasteiger partial charge in [-0.15, -0.1) is 0 Å². The average molecular weight is 274 g/mol. The molecule has 1 aliphatic rings. The van der Waals surface area contributed by atoms with E-state index >= 15 is 0 Å². The number of nitrogens with zero attached hydrogens (tertiary/aromatic N) is 1. The third-order valence-electron chi connectivity index (χ3n) is 3.72. The lowest BCUT2D eigenvalue weighted by molar-refractivity contribution is 0.0804. The summed E-state index contributed by atoms with van der Waals surface area (Å²) in [4.78, 5) is 0. The van der Waals surface area contributed by atoms with Crippen molar-refractivity contribution in [1.82, 2.24) is 5.32 Å². The van der Waals surface area contributed by atoms with E-state index < -0.39 is 0 Å². The van der Waals surface area contributed by atoms with Crippen molar-refractivity contribution in [2.24, 2.45) is 0 Å². The van der Waals surface area contributed by atoms with Crippen LogP contribution in [0.4, 0.5) is 0 Å². The molecule has 0 aliphatic carbocycles. The van der Waals surface area contributed by atoms with E-state index in [2.05, 4.69) is 19.2 Å². The summed E-state index contributed by atoms with van der Waals surface area (Å²) in [6.45, 7) is 5.30. The quantitative estimate of drug-likeness (QED) is 0.866. The molecule has 1 aliphatic heterocycles. The summed E-state index contributed by atoms with van der Waals surface area (Å²) in [6.07, 6.45) is 2.63. The van der Waals surface area contributed by atoms with Gasteiger partial charge >= 0.3 is 0 Å². The highest BCUT2D eigenvalue weighted by molar-refractivity contribution is 5.29. The molecule has 3 unspecified atom stereocenters. The van der Waals surface area contributed by atoms with Crippen LogP contribution in [0.3, 0.4) is 0 Å². The molecule has 20 heavy (non-hydrogen) atoms. The summed E-state index contributed by atoms with van der Waals surface area (Å²) < 4.78 is 11.0. The lowest BCUT2D eigenvalue weighted by atomic mass is 10.0. The molecule has 0 amide bonds. The molecule has 1 aromatic carbocycles. The molecule has 0 saturated carbocycles. The van der Waals surface area contributed by atoms with Gasteiger partial charge in [0.1, 0.15) is 11.8 Å². The molecule has 0 aromatic heterocycles. The number of hydrogen-bond acceptors (Lipinski definition) is 4. The maximum absolute atomic E-state index is 8.48. The Morgan fingerprint density at radius 2 is 2.15 bits per heavy atom. The molecule has 1 N–H and O–H groups in total. The van der Waals surface area contributed by atoms with Gasteiger partial charge in [0, 0.05) is 18.7 Å². The highest BCUT2D eigenvalue weighted by atomic mass is 16.5. The second-order valence-corrected chi connectivity index (χ2v) is 5.24. The molecule has 1 saturated heterocycles. The van der Waals surface area contributed by atoms with Crippen molar-refractivity contribution < 1.29 is 9.47 Å². The maximum Gasteiger partial charge on any atom is 0.174 e. The summed E-state index contributed by atoms with van der Waals surface area (Å²) in [5.74, 6) is 0.731. The van der Waals surface area contributed by atoms with E-state index in [4.69, 9.17) is 14.7 Å². The monoisotopic (exact) mass is 274 g/mol. The Labute approximate surface area is 120 Å². The fourth-order valence-electron chi connectivity index (χ4n) is 2.56. The first kappa shape index (κ1) is 14.8. The minimum atomic E-state index is 0.0865. The third kappa shape index (κ3) is 3.96. The molecule has 0 spiro atoms. The zero-order chi connectivity index (χ0) is 14.4. The van der Waals surface area contributed by atoms with Crippen LogP contribution in [0.1, 0.15) is 38.3 Å². The lowest BCUT2D eigenvalue weighted by Crippen LogP contribution is -2.38. The standard InChI is InChI=1S/C16H22N2O2/c1-12(18-13(2)16-4-3-10-20-16)14-5-7-15(8-6-14)19-11-9-17/h5-8,12-13,16,18H,3-4,10-11H2,1-2H3. The Morgan fingerprint density at radius 3 is 2.75 bits per heavy atom. The molecular weight excluding hydrogens is 252 g/mol. The summed E-state index contributed by atoms with van der Waals surface area (Å²) in [6, 6.07) is 10.5. The Hall–Kier alpha value is -1.57. The second kappa shape index (κ2) is 7.28. The van der Waals surface area contributed by atoms with Crippen molar-refractivity contribution in [3.8, 4) is 11.8 Å². The maximum atomic E-state index is 8.48. The zero-order valence-corrected chi connectivity index (χ0v) is 12.1. The van der Waals surface area contributed by atoms with Gasteiger partial charge in [0.05, 0.1) is 6.10 Å². The van der Waals surface area contributed by atoms with E-state index in [9.17, 15) is 0 Å². The van der Waals surface area contributed by atoms with Crippen LogP contribution >= 0.6 is 0 Å². The van der Waals surface area contributed by atoms with Crippen molar-refractivity contribution >= 4 is 0 Å². The topological polar surface area (TPSA) is 54.3 Å². The largest absolute Gasteiger partial charge is 0.479 e. The summed E-state index contributed by atoms with van der Waals surface area (Å²) >= 11 is 0. The highest BCUT2D eigenvalue weighted by Crippen LogP contribution is 2.21. The average Bonchev–Trinajstić information content (AvgIpc) is 3.00. The summed E-state index contributed by atoms with van der Waals surface area (Å²) in [5.41, 5.74) is 1.21. The van der Waals surface area contributed by atoms with Gasteiger partial charge in [0.25, 0.3) is 0 Å². The number of ether oxygens (including phenoxy) is 2. The molecular formula is C16H22N2O2. The van der Waals surface area contributed by atoms with Crippen molar-refractivity contribution in [2.45, 2.75) is 44.9 Å². The molecule has 1 fully saturated rings. The predicted octanol–water partition coefficient (Wildman–Crippen LogP) is 2.81. The van der Waals surface area contributed by atoms with Gasteiger partial charge < -0.3 is 14.8 Å². The van der Waals surface area contributed by atoms with E-state index in [-0.39, 0.29) is 12.6 Å². The fraction of sp³-hybridized carbons (Fsp3) is 0.562. The van der Waals surface area contributed by atoms with Crippen LogP contribution in [0.2, 0.25) is 0 Å². The molecule has 0 radical (unpaired) electrons. The number of nitriles is 1. The minimum Gasteiger partial charge on any atom is -0.479 e. The van der Waals surface area contributed by atoms with Crippen LogP contribution in [0, 0.1) is 11.3 Å². The summed E-state index contributed by atoms with van der Waals surface area (Å²) in [7, 11) is 0. The van der Waals surface area contributed by atoms with Crippen LogP contribution < -0.4 is 10.1 Å². The Kier molecular flexibility index (Phi) is 5.40. The Balaban J connectivity index is 1.88. The smallest absolute Gasteiger partial charge is 0.174 e. The van der Waals surface area contributed by atoms with Crippen molar-refractivity contribution in [3.63, 3.8) is 0 Å². The number of hydrogen-bond donors (Lipinski definition) is 1. The summed E-state index contributed by atoms with van der Waals surface area (Å²) in [5, 5.41) is 12.1. The molecule has 4 nitrogen and oxygen atoms in total. The predicted molar refractivity (Wildman–Crippen MR) is 77.5 cm³/mol. The lowest BCUT2D eigenvalue weighted by Gasteiger charge is -2.24. The molecule has 4 heteroatoms. The molecule has 2 rings (SSSR count). The van der Waals surface area contributed by atoms with Gasteiger partial charge in [-0.2, -0.15) is 5.26 Å². The van der Waals surface area contributed by atoms with E-state index in [0.29, 0.717) is 12.1 Å². The van der Waals surface area contributed by atoms with Gasteiger partial charge in [-0.3, -0.25) is 0 Å². The van der Waals surface area contributed by atoms with Gasteiger partial charge in [-0.1, -0.05) is 12.1 Å². The number of nitrogens with one attached hydrogen (secondary N) is 1. The number of rotatable bonds is 6. The van der Waals surface area contributed by atoms with Gasteiger partial charge in [-0.25, -0.2) is 0 Å². The van der Waals surface area contributed by atoms with Gasteiger partial charge in [0.15, 0.2) is 6.61 Å². The Morgan fingerprint density at radius 1 is 1.40 bits per heavy atom. The van der Waals surface area contributed by atoms with Crippen LogP contribution in [-0.2, 0) is 4.74 Å². The van der Waals surface area contributed by atoms with Crippen LogP contribution in [0.25, 0.3) is 0 Å². The van der Waals surface area contributed by atoms with Crippen molar-refractivity contribution in [1.29, 1.82) is 5.26 Å². The zero-order valence-electron chi connectivity index (χ0n) is 12.1. The fourth-order valence-corrected chi connectivity index (χ4v) is 2.56. The molecule has 108 valence electrons. The minimum absolute atomic E-state index is 0.0865. The second-order valence-electron chi connectivity index (χ2n) is 5.24. The third-order valence-corrected chi connectivity index (χ3v) is 3.72. The van der Waals surface area contributed by atoms with E-state index in [1.807, 2.05) is 30.3 Å². The number of benzene rings is 1. The normalized spacial score (nSPS) is 21.1. The van der Waals surface area contributed by atoms with E-state index in [1.54, 1.807) is 0 Å². The first-order valence-corrected chi connectivity index (χ1v) is 7.18.